The molecule has 0 aliphatic rings. The quantitative estimate of drug-likeness (QED) is 0.694. The van der Waals surface area contributed by atoms with Crippen LogP contribution in [0.3, 0.4) is 0 Å². The normalized spacial score (nSPS) is 14.9. The van der Waals surface area contributed by atoms with Crippen molar-refractivity contribution < 1.29 is 0 Å². The van der Waals surface area contributed by atoms with Crippen molar-refractivity contribution in [2.75, 3.05) is 0 Å². The predicted molar refractivity (Wildman–Crippen MR) is 57.7 cm³/mol. The Labute approximate surface area is 80.5 Å². The highest BCUT2D eigenvalue weighted by atomic mass is 14.9. The standard InChI is InChI=1S/C12H17N/c1-4-10(2)13-11(3)12-8-6-5-7-9-12/h4-11,13H,1H2,2-3H3. The van der Waals surface area contributed by atoms with Crippen molar-refractivity contribution in [1.82, 2.24) is 5.32 Å². The Kier molecular flexibility index (Phi) is 3.71. The maximum absolute atomic E-state index is 3.74. The van der Waals surface area contributed by atoms with E-state index in [4.69, 9.17) is 0 Å². The third-order valence-electron chi connectivity index (χ3n) is 2.17. The van der Waals surface area contributed by atoms with Crippen molar-refractivity contribution in [2.24, 2.45) is 0 Å². The molecule has 0 radical (unpaired) electrons. The molecule has 1 rings (SSSR count). The summed E-state index contributed by atoms with van der Waals surface area (Å²) in [6.45, 7) is 8.01. The van der Waals surface area contributed by atoms with E-state index in [0.717, 1.165) is 0 Å². The van der Waals surface area contributed by atoms with Crippen LogP contribution < -0.4 is 5.32 Å². The molecule has 1 nitrogen and oxygen atoms in total. The monoisotopic (exact) mass is 175 g/mol. The van der Waals surface area contributed by atoms with Crippen LogP contribution in [-0.2, 0) is 0 Å². The molecule has 1 N–H and O–H groups in total. The van der Waals surface area contributed by atoms with Gasteiger partial charge in [0, 0.05) is 12.1 Å². The van der Waals surface area contributed by atoms with Crippen LogP contribution in [-0.4, -0.2) is 6.04 Å². The van der Waals surface area contributed by atoms with Gasteiger partial charge in [-0.05, 0) is 19.4 Å². The Balaban J connectivity index is 2.58. The van der Waals surface area contributed by atoms with Gasteiger partial charge >= 0.3 is 0 Å². The van der Waals surface area contributed by atoms with E-state index in [1.165, 1.54) is 5.56 Å². The van der Waals surface area contributed by atoms with Crippen molar-refractivity contribution >= 4 is 0 Å². The zero-order chi connectivity index (χ0) is 9.68. The van der Waals surface area contributed by atoms with Gasteiger partial charge in [-0.3, -0.25) is 0 Å². The van der Waals surface area contributed by atoms with Crippen molar-refractivity contribution in [2.45, 2.75) is 25.9 Å². The summed E-state index contributed by atoms with van der Waals surface area (Å²) < 4.78 is 0. The second-order valence-corrected chi connectivity index (χ2v) is 3.32. The van der Waals surface area contributed by atoms with E-state index >= 15 is 0 Å². The van der Waals surface area contributed by atoms with Gasteiger partial charge in [0.1, 0.15) is 0 Å². The Morgan fingerprint density at radius 1 is 1.23 bits per heavy atom. The van der Waals surface area contributed by atoms with E-state index in [-0.39, 0.29) is 0 Å². The number of hydrogen-bond acceptors (Lipinski definition) is 1. The fourth-order valence-corrected chi connectivity index (χ4v) is 1.30. The first-order valence-electron chi connectivity index (χ1n) is 4.67. The number of benzene rings is 1. The zero-order valence-electron chi connectivity index (χ0n) is 8.33. The van der Waals surface area contributed by atoms with Crippen molar-refractivity contribution in [1.29, 1.82) is 0 Å². The van der Waals surface area contributed by atoms with E-state index in [1.54, 1.807) is 0 Å². The van der Waals surface area contributed by atoms with Gasteiger partial charge in [0.15, 0.2) is 0 Å². The number of hydrogen-bond donors (Lipinski definition) is 1. The summed E-state index contributed by atoms with van der Waals surface area (Å²) in [6.07, 6.45) is 1.92. The molecule has 0 saturated heterocycles. The fraction of sp³-hybridized carbons (Fsp3) is 0.333. The summed E-state index contributed by atoms with van der Waals surface area (Å²) in [5.41, 5.74) is 1.32. The van der Waals surface area contributed by atoms with E-state index < -0.39 is 0 Å². The molecule has 0 heterocycles. The summed E-state index contributed by atoms with van der Waals surface area (Å²) in [4.78, 5) is 0. The van der Waals surface area contributed by atoms with Gasteiger partial charge in [-0.25, -0.2) is 0 Å². The molecule has 0 bridgehead atoms. The minimum atomic E-state index is 0.357. The van der Waals surface area contributed by atoms with Gasteiger partial charge in [0.25, 0.3) is 0 Å². The molecule has 0 spiro atoms. The molecule has 0 aromatic heterocycles. The van der Waals surface area contributed by atoms with Crippen molar-refractivity contribution in [3.63, 3.8) is 0 Å². The third kappa shape index (κ3) is 3.03. The van der Waals surface area contributed by atoms with Gasteiger partial charge in [0.05, 0.1) is 0 Å². The third-order valence-corrected chi connectivity index (χ3v) is 2.17. The fourth-order valence-electron chi connectivity index (χ4n) is 1.30. The molecule has 13 heavy (non-hydrogen) atoms. The second-order valence-electron chi connectivity index (χ2n) is 3.32. The average molecular weight is 175 g/mol. The first-order chi connectivity index (χ1) is 6.24. The van der Waals surface area contributed by atoms with Gasteiger partial charge < -0.3 is 5.32 Å². The molecule has 70 valence electrons. The van der Waals surface area contributed by atoms with Crippen LogP contribution in [0.2, 0.25) is 0 Å². The van der Waals surface area contributed by atoms with Crippen LogP contribution in [0.25, 0.3) is 0 Å². The van der Waals surface area contributed by atoms with Gasteiger partial charge in [0.2, 0.25) is 0 Å². The Bertz CT molecular complexity index is 253. The lowest BCUT2D eigenvalue weighted by atomic mass is 10.1. The molecule has 0 aliphatic heterocycles. The molecular formula is C12H17N. The van der Waals surface area contributed by atoms with Crippen LogP contribution in [0.4, 0.5) is 0 Å². The molecule has 1 heteroatoms. The van der Waals surface area contributed by atoms with E-state index in [2.05, 4.69) is 50.0 Å². The van der Waals surface area contributed by atoms with Crippen LogP contribution in [0.5, 0.6) is 0 Å². The summed E-state index contributed by atoms with van der Waals surface area (Å²) in [7, 11) is 0. The van der Waals surface area contributed by atoms with Crippen molar-refractivity contribution in [3.05, 3.63) is 48.6 Å². The number of nitrogens with one attached hydrogen (secondary N) is 1. The van der Waals surface area contributed by atoms with Crippen molar-refractivity contribution in [3.8, 4) is 0 Å². The first kappa shape index (κ1) is 10.0. The molecule has 0 saturated carbocycles. The molecular weight excluding hydrogens is 158 g/mol. The number of rotatable bonds is 4. The second kappa shape index (κ2) is 4.83. The summed E-state index contributed by atoms with van der Waals surface area (Å²) in [5.74, 6) is 0. The Morgan fingerprint density at radius 2 is 1.85 bits per heavy atom. The molecule has 0 aliphatic carbocycles. The lowest BCUT2D eigenvalue weighted by Crippen LogP contribution is -2.26. The molecule has 1 aromatic carbocycles. The summed E-state index contributed by atoms with van der Waals surface area (Å²) in [6, 6.07) is 11.2. The van der Waals surface area contributed by atoms with Gasteiger partial charge in [-0.15, -0.1) is 6.58 Å². The first-order valence-corrected chi connectivity index (χ1v) is 4.67. The van der Waals surface area contributed by atoms with Crippen LogP contribution in [0, 0.1) is 0 Å². The minimum absolute atomic E-state index is 0.357. The summed E-state index contributed by atoms with van der Waals surface area (Å²) in [5, 5.41) is 3.43. The maximum Gasteiger partial charge on any atom is 0.0297 e. The Hall–Kier alpha value is -1.08. The minimum Gasteiger partial charge on any atom is -0.304 e. The molecule has 0 amide bonds. The van der Waals surface area contributed by atoms with Gasteiger partial charge in [-0.1, -0.05) is 36.4 Å². The van der Waals surface area contributed by atoms with Crippen LogP contribution in [0.1, 0.15) is 25.5 Å². The lowest BCUT2D eigenvalue weighted by molar-refractivity contribution is 0.537. The highest BCUT2D eigenvalue weighted by Gasteiger charge is 2.05. The molecule has 2 atom stereocenters. The van der Waals surface area contributed by atoms with Gasteiger partial charge in [-0.2, -0.15) is 0 Å². The maximum atomic E-state index is 3.74. The van der Waals surface area contributed by atoms with E-state index in [9.17, 15) is 0 Å². The van der Waals surface area contributed by atoms with Crippen LogP contribution in [0.15, 0.2) is 43.0 Å². The lowest BCUT2D eigenvalue weighted by Gasteiger charge is -2.17. The molecule has 0 fully saturated rings. The topological polar surface area (TPSA) is 12.0 Å². The zero-order valence-corrected chi connectivity index (χ0v) is 8.33. The Morgan fingerprint density at radius 3 is 2.38 bits per heavy atom. The summed E-state index contributed by atoms with van der Waals surface area (Å²) >= 11 is 0. The average Bonchev–Trinajstić information content (AvgIpc) is 2.19. The highest BCUT2D eigenvalue weighted by Crippen LogP contribution is 2.11. The molecule has 2 unspecified atom stereocenters. The van der Waals surface area contributed by atoms with E-state index in [1.807, 2.05) is 12.1 Å². The van der Waals surface area contributed by atoms with Crippen LogP contribution >= 0.6 is 0 Å². The van der Waals surface area contributed by atoms with E-state index in [0.29, 0.717) is 12.1 Å². The highest BCUT2D eigenvalue weighted by molar-refractivity contribution is 5.18. The smallest absolute Gasteiger partial charge is 0.0297 e. The predicted octanol–water partition coefficient (Wildman–Crippen LogP) is 2.91. The SMILES string of the molecule is C=CC(C)NC(C)c1ccccc1. The largest absolute Gasteiger partial charge is 0.304 e. The molecule has 1 aromatic rings.